The van der Waals surface area contributed by atoms with Gasteiger partial charge in [0.1, 0.15) is 5.82 Å². The fourth-order valence-electron chi connectivity index (χ4n) is 1.11. The Hall–Kier alpha value is -1.70. The first-order valence-corrected chi connectivity index (χ1v) is 5.00. The summed E-state index contributed by atoms with van der Waals surface area (Å²) < 4.78 is 30.6. The highest BCUT2D eigenvalue weighted by atomic mass is 79.9. The lowest BCUT2D eigenvalue weighted by Gasteiger charge is -2.11. The Morgan fingerprint density at radius 3 is 2.53 bits per heavy atom. The normalized spacial score (nSPS) is 9.88. The molecule has 1 aromatic rings. The van der Waals surface area contributed by atoms with Gasteiger partial charge in [0, 0.05) is 0 Å². The van der Waals surface area contributed by atoms with Gasteiger partial charge in [0.05, 0.1) is 22.8 Å². The molecule has 0 aliphatic rings. The van der Waals surface area contributed by atoms with Crippen molar-refractivity contribution >= 4 is 33.6 Å². The number of nitrogens with two attached hydrogens (primary N) is 1. The summed E-state index contributed by atoms with van der Waals surface area (Å²) in [7, 11) is 1.04. The van der Waals surface area contributed by atoms with Crippen LogP contribution in [-0.4, -0.2) is 19.1 Å². The van der Waals surface area contributed by atoms with Crippen LogP contribution in [-0.2, 0) is 4.74 Å². The number of ether oxygens (including phenoxy) is 1. The summed E-state index contributed by atoms with van der Waals surface area (Å²) in [6.07, 6.45) is 0. The van der Waals surface area contributed by atoms with Crippen LogP contribution in [0.2, 0.25) is 0 Å². The molecule has 1 rings (SSSR count). The predicted octanol–water partition coefficient (Wildman–Crippen LogP) is 2.00. The number of amides is 2. The highest BCUT2D eigenvalue weighted by molar-refractivity contribution is 9.10. The predicted molar refractivity (Wildman–Crippen MR) is 58.6 cm³/mol. The molecule has 17 heavy (non-hydrogen) atoms. The second-order valence-electron chi connectivity index (χ2n) is 2.89. The van der Waals surface area contributed by atoms with E-state index < -0.39 is 39.4 Å². The van der Waals surface area contributed by atoms with Gasteiger partial charge in [-0.15, -0.1) is 0 Å². The van der Waals surface area contributed by atoms with Gasteiger partial charge in [0.25, 0.3) is 0 Å². The van der Waals surface area contributed by atoms with Gasteiger partial charge in [-0.3, -0.25) is 0 Å². The number of carbonyl (C=O) groups is 2. The number of methoxy groups -OCH3 is 1. The lowest BCUT2D eigenvalue weighted by Crippen LogP contribution is -2.22. The smallest absolute Gasteiger partial charge is 0.340 e. The van der Waals surface area contributed by atoms with E-state index in [9.17, 15) is 18.4 Å². The SMILES string of the molecule is COC(=O)c1cc(F)c(Br)c(F)c1NC(N)=O. The molecule has 0 saturated heterocycles. The average molecular weight is 309 g/mol. The third-order valence-electron chi connectivity index (χ3n) is 1.82. The number of nitrogens with one attached hydrogen (secondary N) is 1. The lowest BCUT2D eigenvalue weighted by molar-refractivity contribution is 0.0601. The largest absolute Gasteiger partial charge is 0.465 e. The van der Waals surface area contributed by atoms with Crippen LogP contribution in [0.15, 0.2) is 10.5 Å². The Morgan fingerprint density at radius 2 is 2.06 bits per heavy atom. The van der Waals surface area contributed by atoms with E-state index in [-0.39, 0.29) is 0 Å². The van der Waals surface area contributed by atoms with Crippen molar-refractivity contribution in [1.29, 1.82) is 0 Å². The zero-order valence-corrected chi connectivity index (χ0v) is 10.1. The van der Waals surface area contributed by atoms with Gasteiger partial charge in [-0.1, -0.05) is 0 Å². The van der Waals surface area contributed by atoms with Gasteiger partial charge in [0.15, 0.2) is 5.82 Å². The van der Waals surface area contributed by atoms with Crippen LogP contribution in [0.25, 0.3) is 0 Å². The molecule has 0 saturated carbocycles. The maximum atomic E-state index is 13.6. The molecule has 3 N–H and O–H groups in total. The first-order valence-electron chi connectivity index (χ1n) is 4.20. The maximum absolute atomic E-state index is 13.6. The van der Waals surface area contributed by atoms with Crippen LogP contribution >= 0.6 is 15.9 Å². The van der Waals surface area contributed by atoms with Gasteiger partial charge in [-0.05, 0) is 22.0 Å². The van der Waals surface area contributed by atoms with E-state index in [1.165, 1.54) is 0 Å². The minimum Gasteiger partial charge on any atom is -0.465 e. The molecule has 0 bridgehead atoms. The van der Waals surface area contributed by atoms with E-state index in [1.54, 1.807) is 0 Å². The zero-order valence-electron chi connectivity index (χ0n) is 8.51. The Kier molecular flexibility index (Phi) is 4.00. The quantitative estimate of drug-likeness (QED) is 0.647. The van der Waals surface area contributed by atoms with Crippen LogP contribution < -0.4 is 11.1 Å². The van der Waals surface area contributed by atoms with Crippen molar-refractivity contribution in [1.82, 2.24) is 0 Å². The number of halogens is 3. The van der Waals surface area contributed by atoms with E-state index in [1.807, 2.05) is 5.32 Å². The first-order chi connectivity index (χ1) is 7.88. The third kappa shape index (κ3) is 2.70. The van der Waals surface area contributed by atoms with Crippen molar-refractivity contribution in [2.75, 3.05) is 12.4 Å². The summed E-state index contributed by atoms with van der Waals surface area (Å²) in [5, 5.41) is 1.89. The van der Waals surface area contributed by atoms with Gasteiger partial charge in [-0.25, -0.2) is 18.4 Å². The monoisotopic (exact) mass is 308 g/mol. The molecule has 0 aliphatic heterocycles. The number of esters is 1. The maximum Gasteiger partial charge on any atom is 0.340 e. The van der Waals surface area contributed by atoms with Crippen molar-refractivity contribution in [2.45, 2.75) is 0 Å². The van der Waals surface area contributed by atoms with Crippen LogP contribution in [0.4, 0.5) is 19.3 Å². The number of urea groups is 1. The van der Waals surface area contributed by atoms with Crippen LogP contribution in [0, 0.1) is 11.6 Å². The molecule has 0 heterocycles. The number of hydrogen-bond donors (Lipinski definition) is 2. The molecule has 0 fully saturated rings. The molecule has 2 amide bonds. The first kappa shape index (κ1) is 13.4. The molecule has 8 heteroatoms. The summed E-state index contributed by atoms with van der Waals surface area (Å²) in [5.74, 6) is -3.15. The number of benzene rings is 1. The minimum absolute atomic E-state index is 0.468. The molecule has 0 atom stereocenters. The molecular weight excluding hydrogens is 302 g/mol. The van der Waals surface area contributed by atoms with Gasteiger partial charge >= 0.3 is 12.0 Å². The summed E-state index contributed by atoms with van der Waals surface area (Å²) >= 11 is 2.63. The van der Waals surface area contributed by atoms with Crippen molar-refractivity contribution in [3.63, 3.8) is 0 Å². The topological polar surface area (TPSA) is 81.4 Å². The van der Waals surface area contributed by atoms with E-state index in [0.717, 1.165) is 13.2 Å². The Bertz CT molecular complexity index is 494. The van der Waals surface area contributed by atoms with Crippen LogP contribution in [0.1, 0.15) is 10.4 Å². The molecule has 0 unspecified atom stereocenters. The zero-order chi connectivity index (χ0) is 13.2. The molecule has 0 radical (unpaired) electrons. The minimum atomic E-state index is -1.15. The van der Waals surface area contributed by atoms with Crippen molar-refractivity contribution in [3.05, 3.63) is 27.7 Å². The van der Waals surface area contributed by atoms with E-state index in [4.69, 9.17) is 5.73 Å². The number of rotatable bonds is 2. The fourth-order valence-corrected chi connectivity index (χ4v) is 1.42. The molecule has 1 aromatic carbocycles. The van der Waals surface area contributed by atoms with Gasteiger partial charge < -0.3 is 15.8 Å². The number of carbonyl (C=O) groups excluding carboxylic acids is 2. The van der Waals surface area contributed by atoms with E-state index >= 15 is 0 Å². The molecule has 0 spiro atoms. The summed E-state index contributed by atoms with van der Waals surface area (Å²) in [6.45, 7) is 0. The highest BCUT2D eigenvalue weighted by Gasteiger charge is 2.22. The van der Waals surface area contributed by atoms with E-state index in [0.29, 0.717) is 0 Å². The molecule has 0 aliphatic carbocycles. The summed E-state index contributed by atoms with van der Waals surface area (Å²) in [6, 6.07) is -0.364. The lowest BCUT2D eigenvalue weighted by atomic mass is 10.1. The second-order valence-corrected chi connectivity index (χ2v) is 3.68. The van der Waals surface area contributed by atoms with Crippen molar-refractivity contribution in [3.8, 4) is 0 Å². The number of primary amides is 1. The average Bonchev–Trinajstić information content (AvgIpc) is 2.28. The second kappa shape index (κ2) is 5.09. The molecule has 92 valence electrons. The Balaban J connectivity index is 3.45. The van der Waals surface area contributed by atoms with E-state index in [2.05, 4.69) is 20.7 Å². The standard InChI is InChI=1S/C9H7BrF2N2O3/c1-17-8(15)3-2-4(11)5(10)6(12)7(3)14-9(13)16/h2H,1H3,(H3,13,14,16). The van der Waals surface area contributed by atoms with Gasteiger partial charge in [-0.2, -0.15) is 0 Å². The molecule has 0 aromatic heterocycles. The van der Waals surface area contributed by atoms with Crippen molar-refractivity contribution in [2.24, 2.45) is 5.73 Å². The Labute approximate surface area is 103 Å². The summed E-state index contributed by atoms with van der Waals surface area (Å²) in [5.41, 5.74) is 3.80. The van der Waals surface area contributed by atoms with Crippen LogP contribution in [0.5, 0.6) is 0 Å². The van der Waals surface area contributed by atoms with Gasteiger partial charge in [0.2, 0.25) is 0 Å². The van der Waals surface area contributed by atoms with Crippen LogP contribution in [0.3, 0.4) is 0 Å². The fraction of sp³-hybridized carbons (Fsp3) is 0.111. The summed E-state index contributed by atoms with van der Waals surface area (Å²) in [4.78, 5) is 21.9. The molecular formula is C9H7BrF2N2O3. The number of hydrogen-bond acceptors (Lipinski definition) is 3. The Morgan fingerprint density at radius 1 is 1.47 bits per heavy atom. The molecule has 5 nitrogen and oxygen atoms in total. The number of anilines is 1. The third-order valence-corrected chi connectivity index (χ3v) is 2.54. The highest BCUT2D eigenvalue weighted by Crippen LogP contribution is 2.30. The van der Waals surface area contributed by atoms with Crippen molar-refractivity contribution < 1.29 is 23.1 Å².